The number of pyridine rings is 1. The summed E-state index contributed by atoms with van der Waals surface area (Å²) in [7, 11) is 0. The molecule has 1 rings (SSSR count). The highest BCUT2D eigenvalue weighted by molar-refractivity contribution is 6.30. The molecule has 0 bridgehead atoms. The Hall–Kier alpha value is -1.69. The van der Waals surface area contributed by atoms with E-state index in [2.05, 4.69) is 4.98 Å². The average molecular weight is 217 g/mol. The third kappa shape index (κ3) is 2.40. The van der Waals surface area contributed by atoms with Crippen molar-refractivity contribution in [1.82, 2.24) is 4.98 Å². The summed E-state index contributed by atoms with van der Waals surface area (Å²) in [5.41, 5.74) is -0.00463. The van der Waals surface area contributed by atoms with Gasteiger partial charge in [0.1, 0.15) is 0 Å². The topological polar surface area (TPSA) is 93.3 Å². The lowest BCUT2D eigenvalue weighted by atomic mass is 10.2. The highest BCUT2D eigenvalue weighted by Crippen LogP contribution is 2.19. The molecule has 14 heavy (non-hydrogen) atoms. The second-order valence-corrected chi connectivity index (χ2v) is 2.90. The van der Waals surface area contributed by atoms with Crippen molar-refractivity contribution < 1.29 is 14.8 Å². The molecule has 1 aromatic rings. The Morgan fingerprint density at radius 2 is 2.36 bits per heavy atom. The largest absolute Gasteiger partial charge is 0.481 e. The minimum atomic E-state index is -1.17. The maximum absolute atomic E-state index is 10.4. The molecule has 0 spiro atoms. The van der Waals surface area contributed by atoms with E-state index in [0.717, 1.165) is 6.20 Å². The summed E-state index contributed by atoms with van der Waals surface area (Å²) in [5, 5.41) is 19.1. The van der Waals surface area contributed by atoms with Crippen molar-refractivity contribution >= 4 is 23.4 Å². The molecule has 0 atom stereocenters. The molecule has 0 saturated heterocycles. The monoisotopic (exact) mass is 216 g/mol. The van der Waals surface area contributed by atoms with Crippen LogP contribution in [0.15, 0.2) is 12.3 Å². The lowest BCUT2D eigenvalue weighted by molar-refractivity contribution is -0.390. The highest BCUT2D eigenvalue weighted by atomic mass is 35.5. The first-order valence-electron chi connectivity index (χ1n) is 3.51. The van der Waals surface area contributed by atoms with Gasteiger partial charge in [-0.05, 0) is 16.0 Å². The average Bonchev–Trinajstić information content (AvgIpc) is 2.01. The van der Waals surface area contributed by atoms with E-state index in [4.69, 9.17) is 16.7 Å². The van der Waals surface area contributed by atoms with E-state index in [1.807, 2.05) is 0 Å². The van der Waals surface area contributed by atoms with E-state index in [1.165, 1.54) is 6.07 Å². The predicted molar refractivity (Wildman–Crippen MR) is 47.2 cm³/mol. The first kappa shape index (κ1) is 10.4. The lowest BCUT2D eigenvalue weighted by Crippen LogP contribution is -2.05. The molecule has 7 heteroatoms. The van der Waals surface area contributed by atoms with Crippen LogP contribution in [0, 0.1) is 10.1 Å². The number of aliphatic carboxylic acids is 1. The number of carboxylic acid groups (broad SMARTS) is 1. The number of nitrogens with zero attached hydrogens (tertiary/aromatic N) is 2. The van der Waals surface area contributed by atoms with Crippen LogP contribution in [0.2, 0.25) is 5.02 Å². The van der Waals surface area contributed by atoms with Gasteiger partial charge in [0.15, 0.2) is 6.20 Å². The Kier molecular flexibility index (Phi) is 2.98. The molecule has 0 fully saturated rings. The molecule has 1 aromatic heterocycles. The fraction of sp³-hybridized carbons (Fsp3) is 0.143. The van der Waals surface area contributed by atoms with Gasteiger partial charge in [0.25, 0.3) is 0 Å². The zero-order valence-corrected chi connectivity index (χ0v) is 7.56. The summed E-state index contributed by atoms with van der Waals surface area (Å²) in [6, 6.07) is 1.22. The summed E-state index contributed by atoms with van der Waals surface area (Å²) in [6.45, 7) is 0. The van der Waals surface area contributed by atoms with Crippen molar-refractivity contribution in [3.8, 4) is 0 Å². The summed E-state index contributed by atoms with van der Waals surface area (Å²) < 4.78 is 0. The van der Waals surface area contributed by atoms with Gasteiger partial charge in [-0.3, -0.25) is 4.79 Å². The molecule has 0 aliphatic carbocycles. The van der Waals surface area contributed by atoms with Crippen LogP contribution in [0.5, 0.6) is 0 Å². The number of carbonyl (C=O) groups is 1. The van der Waals surface area contributed by atoms with Crippen LogP contribution >= 0.6 is 11.6 Å². The van der Waals surface area contributed by atoms with Gasteiger partial charge in [0, 0.05) is 0 Å². The van der Waals surface area contributed by atoms with E-state index in [-0.39, 0.29) is 10.6 Å². The molecule has 0 unspecified atom stereocenters. The van der Waals surface area contributed by atoms with Crippen LogP contribution < -0.4 is 0 Å². The van der Waals surface area contributed by atoms with Gasteiger partial charge < -0.3 is 15.2 Å². The van der Waals surface area contributed by atoms with Gasteiger partial charge in [0.2, 0.25) is 0 Å². The van der Waals surface area contributed by atoms with Gasteiger partial charge in [0.05, 0.1) is 17.0 Å². The quantitative estimate of drug-likeness (QED) is 0.607. The van der Waals surface area contributed by atoms with Crippen molar-refractivity contribution in [2.24, 2.45) is 0 Å². The van der Waals surface area contributed by atoms with Gasteiger partial charge >= 0.3 is 11.8 Å². The summed E-state index contributed by atoms with van der Waals surface area (Å²) in [6.07, 6.45) is 0.634. The zero-order chi connectivity index (χ0) is 10.7. The Bertz CT molecular complexity index is 393. The Morgan fingerprint density at radius 3 is 2.86 bits per heavy atom. The Labute approximate surface area is 83.3 Å². The van der Waals surface area contributed by atoms with Gasteiger partial charge in [-0.1, -0.05) is 11.6 Å². The molecule has 74 valence electrons. The zero-order valence-electron chi connectivity index (χ0n) is 6.81. The van der Waals surface area contributed by atoms with Crippen LogP contribution in [-0.4, -0.2) is 21.0 Å². The van der Waals surface area contributed by atoms with Crippen molar-refractivity contribution in [1.29, 1.82) is 0 Å². The van der Waals surface area contributed by atoms with Gasteiger partial charge in [-0.25, -0.2) is 0 Å². The predicted octanol–water partition coefficient (Wildman–Crippen LogP) is 1.27. The van der Waals surface area contributed by atoms with E-state index in [9.17, 15) is 14.9 Å². The van der Waals surface area contributed by atoms with Crippen LogP contribution in [0.4, 0.5) is 5.82 Å². The van der Waals surface area contributed by atoms with E-state index in [0.29, 0.717) is 0 Å². The number of rotatable bonds is 3. The Morgan fingerprint density at radius 1 is 1.71 bits per heavy atom. The van der Waals surface area contributed by atoms with Gasteiger partial charge in [-0.15, -0.1) is 0 Å². The highest BCUT2D eigenvalue weighted by Gasteiger charge is 2.17. The standard InChI is InChI=1S/C7H5ClN2O4/c8-5-1-4(2-6(11)12)7(9-3-5)10(13)14/h1,3H,2H2,(H,11,12). The molecule has 0 aromatic carbocycles. The smallest absolute Gasteiger partial charge is 0.367 e. The maximum atomic E-state index is 10.4. The molecule has 0 radical (unpaired) electrons. The van der Waals surface area contributed by atoms with Crippen LogP contribution in [0.1, 0.15) is 5.56 Å². The molecule has 1 heterocycles. The van der Waals surface area contributed by atoms with E-state index in [1.54, 1.807) is 0 Å². The van der Waals surface area contributed by atoms with E-state index < -0.39 is 23.1 Å². The molecule has 0 saturated carbocycles. The molecular formula is C7H5ClN2O4. The molecule has 6 nitrogen and oxygen atoms in total. The minimum absolute atomic E-state index is 0.00463. The number of nitro groups is 1. The third-order valence-corrected chi connectivity index (χ3v) is 1.63. The first-order chi connectivity index (χ1) is 6.50. The summed E-state index contributed by atoms with van der Waals surface area (Å²) in [5.74, 6) is -1.64. The number of hydrogen-bond acceptors (Lipinski definition) is 4. The third-order valence-electron chi connectivity index (χ3n) is 1.42. The number of aromatic nitrogens is 1. The van der Waals surface area contributed by atoms with Gasteiger partial charge in [-0.2, -0.15) is 0 Å². The molecular weight excluding hydrogens is 212 g/mol. The number of hydrogen-bond donors (Lipinski definition) is 1. The number of carboxylic acids is 1. The van der Waals surface area contributed by atoms with Crippen molar-refractivity contribution in [3.05, 3.63) is 33.0 Å². The van der Waals surface area contributed by atoms with E-state index >= 15 is 0 Å². The molecule has 0 amide bonds. The lowest BCUT2D eigenvalue weighted by Gasteiger charge is -1.98. The maximum Gasteiger partial charge on any atom is 0.367 e. The second-order valence-electron chi connectivity index (χ2n) is 2.46. The van der Waals surface area contributed by atoms with Crippen molar-refractivity contribution in [3.63, 3.8) is 0 Å². The van der Waals surface area contributed by atoms with Crippen LogP contribution in [-0.2, 0) is 11.2 Å². The van der Waals surface area contributed by atoms with Crippen LogP contribution in [0.25, 0.3) is 0 Å². The van der Waals surface area contributed by atoms with Crippen molar-refractivity contribution in [2.75, 3.05) is 0 Å². The van der Waals surface area contributed by atoms with Crippen molar-refractivity contribution in [2.45, 2.75) is 6.42 Å². The normalized spacial score (nSPS) is 9.79. The summed E-state index contributed by atoms with van der Waals surface area (Å²) >= 11 is 5.53. The Balaban J connectivity index is 3.15. The minimum Gasteiger partial charge on any atom is -0.481 e. The molecule has 0 aliphatic heterocycles. The SMILES string of the molecule is O=C(O)Cc1cc(Cl)cnc1[N+](=O)[O-]. The summed E-state index contributed by atoms with van der Waals surface area (Å²) in [4.78, 5) is 23.5. The fourth-order valence-corrected chi connectivity index (χ4v) is 1.11. The molecule has 0 aliphatic rings. The molecule has 1 N–H and O–H groups in total. The number of halogens is 1. The first-order valence-corrected chi connectivity index (χ1v) is 3.89. The second kappa shape index (κ2) is 4.01. The van der Waals surface area contributed by atoms with Crippen LogP contribution in [0.3, 0.4) is 0 Å². The fourth-order valence-electron chi connectivity index (χ4n) is 0.931.